The van der Waals surface area contributed by atoms with Crippen molar-refractivity contribution in [1.82, 2.24) is 5.32 Å². The fraction of sp³-hybridized carbons (Fsp3) is 0.467. The molecule has 0 radical (unpaired) electrons. The highest BCUT2D eigenvalue weighted by molar-refractivity contribution is 5.97. The van der Waals surface area contributed by atoms with Crippen molar-refractivity contribution in [3.8, 4) is 0 Å². The Morgan fingerprint density at radius 3 is 2.88 bits per heavy atom. The second-order valence-corrected chi connectivity index (χ2v) is 5.25. The number of hydrogen-bond donors (Lipinski definition) is 2. The minimum atomic E-state index is -0.810. The molecular formula is C15H19N3O6. The normalized spacial score (nSPS) is 16.5. The first-order valence-corrected chi connectivity index (χ1v) is 7.53. The first-order valence-electron chi connectivity index (χ1n) is 7.53. The van der Waals surface area contributed by atoms with E-state index in [0.29, 0.717) is 18.8 Å². The van der Waals surface area contributed by atoms with E-state index in [2.05, 4.69) is 10.6 Å². The summed E-state index contributed by atoms with van der Waals surface area (Å²) < 4.78 is 10.3. The molecule has 2 rings (SSSR count). The van der Waals surface area contributed by atoms with Gasteiger partial charge in [0.05, 0.1) is 16.6 Å². The maximum absolute atomic E-state index is 12.1. The monoisotopic (exact) mass is 337 g/mol. The van der Waals surface area contributed by atoms with Crippen LogP contribution in [0.5, 0.6) is 0 Å². The van der Waals surface area contributed by atoms with Crippen LogP contribution in [0.25, 0.3) is 0 Å². The number of nitro benzene ring substituents is 1. The average Bonchev–Trinajstić information content (AvgIpc) is 3.10. The van der Waals surface area contributed by atoms with Gasteiger partial charge in [-0.1, -0.05) is 0 Å². The summed E-state index contributed by atoms with van der Waals surface area (Å²) in [6, 6.07) is 3.79. The molecule has 0 bridgehead atoms. The topological polar surface area (TPSA) is 120 Å². The van der Waals surface area contributed by atoms with E-state index in [1.54, 1.807) is 7.05 Å². The summed E-state index contributed by atoms with van der Waals surface area (Å²) >= 11 is 0. The predicted octanol–water partition coefficient (Wildman–Crippen LogP) is 1.09. The summed E-state index contributed by atoms with van der Waals surface area (Å²) in [6.07, 6.45) is 1.85. The average molecular weight is 337 g/mol. The summed E-state index contributed by atoms with van der Waals surface area (Å²) in [5, 5.41) is 16.2. The number of carbonyl (C=O) groups excluding carboxylic acids is 2. The van der Waals surface area contributed by atoms with Crippen molar-refractivity contribution in [3.63, 3.8) is 0 Å². The molecule has 130 valence electrons. The third-order valence-electron chi connectivity index (χ3n) is 3.59. The number of nitrogens with zero attached hydrogens (tertiary/aromatic N) is 1. The van der Waals surface area contributed by atoms with Gasteiger partial charge in [-0.15, -0.1) is 0 Å². The van der Waals surface area contributed by atoms with Gasteiger partial charge in [0.15, 0.2) is 6.61 Å². The number of amides is 1. The van der Waals surface area contributed by atoms with Crippen molar-refractivity contribution in [1.29, 1.82) is 0 Å². The molecule has 1 aromatic rings. The van der Waals surface area contributed by atoms with E-state index in [1.165, 1.54) is 12.1 Å². The number of nitrogens with one attached hydrogen (secondary N) is 2. The minimum absolute atomic E-state index is 0.00127. The van der Waals surface area contributed by atoms with Crippen molar-refractivity contribution >= 4 is 23.3 Å². The van der Waals surface area contributed by atoms with Crippen molar-refractivity contribution < 1.29 is 24.0 Å². The molecule has 9 nitrogen and oxygen atoms in total. The van der Waals surface area contributed by atoms with Crippen molar-refractivity contribution in [2.24, 2.45) is 0 Å². The van der Waals surface area contributed by atoms with Crippen LogP contribution >= 0.6 is 0 Å². The van der Waals surface area contributed by atoms with Gasteiger partial charge >= 0.3 is 5.97 Å². The lowest BCUT2D eigenvalue weighted by Crippen LogP contribution is -2.34. The highest BCUT2D eigenvalue weighted by atomic mass is 16.6. The summed E-state index contributed by atoms with van der Waals surface area (Å²) in [5.74, 6) is -1.26. The summed E-state index contributed by atoms with van der Waals surface area (Å²) in [7, 11) is 1.58. The SMILES string of the molecule is CNc1ccc([N+](=O)[O-])cc1C(=O)OCC(=O)NC[C@H]1CCCO1. The number of ether oxygens (including phenoxy) is 2. The Morgan fingerprint density at radius 1 is 1.46 bits per heavy atom. The van der Waals surface area contributed by atoms with Crippen molar-refractivity contribution in [2.75, 3.05) is 32.1 Å². The Labute approximate surface area is 138 Å². The van der Waals surface area contributed by atoms with E-state index in [0.717, 1.165) is 18.9 Å². The lowest BCUT2D eigenvalue weighted by atomic mass is 10.1. The van der Waals surface area contributed by atoms with Gasteiger partial charge in [0, 0.05) is 38.0 Å². The zero-order valence-electron chi connectivity index (χ0n) is 13.2. The highest BCUT2D eigenvalue weighted by Crippen LogP contribution is 2.22. The number of hydrogen-bond acceptors (Lipinski definition) is 7. The van der Waals surface area contributed by atoms with Crippen LogP contribution in [0.1, 0.15) is 23.2 Å². The molecule has 1 aliphatic rings. The molecule has 2 N–H and O–H groups in total. The molecule has 0 saturated carbocycles. The number of benzene rings is 1. The second-order valence-electron chi connectivity index (χ2n) is 5.25. The zero-order valence-corrected chi connectivity index (χ0v) is 13.2. The Hall–Kier alpha value is -2.68. The van der Waals surface area contributed by atoms with Gasteiger partial charge in [0.2, 0.25) is 0 Å². The largest absolute Gasteiger partial charge is 0.452 e. The van der Waals surface area contributed by atoms with E-state index in [4.69, 9.17) is 9.47 Å². The first-order chi connectivity index (χ1) is 11.5. The number of anilines is 1. The number of nitro groups is 1. The van der Waals surface area contributed by atoms with E-state index in [9.17, 15) is 19.7 Å². The molecule has 0 aromatic heterocycles. The quantitative estimate of drug-likeness (QED) is 0.434. The molecule has 1 aliphatic heterocycles. The minimum Gasteiger partial charge on any atom is -0.452 e. The van der Waals surface area contributed by atoms with Crippen LogP contribution in [0.15, 0.2) is 18.2 Å². The molecule has 9 heteroatoms. The number of non-ortho nitro benzene ring substituents is 1. The van der Waals surface area contributed by atoms with Crippen LogP contribution in [-0.4, -0.2) is 49.7 Å². The predicted molar refractivity (Wildman–Crippen MR) is 84.9 cm³/mol. The van der Waals surface area contributed by atoms with Gasteiger partial charge in [0.25, 0.3) is 11.6 Å². The molecule has 0 spiro atoms. The van der Waals surface area contributed by atoms with Crippen LogP contribution in [0.3, 0.4) is 0 Å². The van der Waals surface area contributed by atoms with Gasteiger partial charge in [-0.3, -0.25) is 14.9 Å². The third-order valence-corrected chi connectivity index (χ3v) is 3.59. The molecule has 1 aromatic carbocycles. The van der Waals surface area contributed by atoms with Gasteiger partial charge in [0.1, 0.15) is 0 Å². The van der Waals surface area contributed by atoms with Crippen LogP contribution in [0, 0.1) is 10.1 Å². The maximum atomic E-state index is 12.1. The smallest absolute Gasteiger partial charge is 0.341 e. The Bertz CT molecular complexity index is 628. The summed E-state index contributed by atoms with van der Waals surface area (Å²) in [6.45, 7) is 0.599. The van der Waals surface area contributed by atoms with Crippen LogP contribution < -0.4 is 10.6 Å². The van der Waals surface area contributed by atoms with E-state index < -0.39 is 23.4 Å². The second kappa shape index (κ2) is 8.25. The van der Waals surface area contributed by atoms with E-state index in [-0.39, 0.29) is 17.4 Å². The van der Waals surface area contributed by atoms with E-state index in [1.807, 2.05) is 0 Å². The fourth-order valence-corrected chi connectivity index (χ4v) is 2.33. The Balaban J connectivity index is 1.90. The van der Waals surface area contributed by atoms with Crippen molar-refractivity contribution in [2.45, 2.75) is 18.9 Å². The summed E-state index contributed by atoms with van der Waals surface area (Å²) in [4.78, 5) is 34.0. The van der Waals surface area contributed by atoms with Crippen LogP contribution in [0.4, 0.5) is 11.4 Å². The Kier molecular flexibility index (Phi) is 6.07. The van der Waals surface area contributed by atoms with Gasteiger partial charge < -0.3 is 20.1 Å². The number of carbonyl (C=O) groups is 2. The Morgan fingerprint density at radius 2 is 2.25 bits per heavy atom. The zero-order chi connectivity index (χ0) is 17.5. The highest BCUT2D eigenvalue weighted by Gasteiger charge is 2.19. The summed E-state index contributed by atoms with van der Waals surface area (Å²) in [5.41, 5.74) is 0.146. The first kappa shape index (κ1) is 17.7. The van der Waals surface area contributed by atoms with Crippen LogP contribution in [-0.2, 0) is 14.3 Å². The molecule has 1 fully saturated rings. The molecule has 1 heterocycles. The van der Waals surface area contributed by atoms with Gasteiger partial charge in [-0.25, -0.2) is 4.79 Å². The van der Waals surface area contributed by atoms with Crippen molar-refractivity contribution in [3.05, 3.63) is 33.9 Å². The van der Waals surface area contributed by atoms with Crippen LogP contribution in [0.2, 0.25) is 0 Å². The third kappa shape index (κ3) is 4.66. The molecule has 24 heavy (non-hydrogen) atoms. The maximum Gasteiger partial charge on any atom is 0.341 e. The molecule has 1 atom stereocenters. The van der Waals surface area contributed by atoms with Gasteiger partial charge in [-0.2, -0.15) is 0 Å². The number of esters is 1. The fourth-order valence-electron chi connectivity index (χ4n) is 2.33. The molecular weight excluding hydrogens is 318 g/mol. The molecule has 1 saturated heterocycles. The number of rotatable bonds is 7. The van der Waals surface area contributed by atoms with E-state index >= 15 is 0 Å². The van der Waals surface area contributed by atoms with Gasteiger partial charge in [-0.05, 0) is 18.9 Å². The molecule has 0 aliphatic carbocycles. The lowest BCUT2D eigenvalue weighted by molar-refractivity contribution is -0.384. The molecule has 0 unspecified atom stereocenters. The molecule has 1 amide bonds. The lowest BCUT2D eigenvalue weighted by Gasteiger charge is -2.12. The standard InChI is InChI=1S/C15H19N3O6/c1-16-13-5-4-10(18(21)22)7-12(13)15(20)24-9-14(19)17-8-11-3-2-6-23-11/h4-5,7,11,16H,2-3,6,8-9H2,1H3,(H,17,19)/t11-/m1/s1.